The van der Waals surface area contributed by atoms with E-state index in [4.69, 9.17) is 44.3 Å². The largest absolute Gasteiger partial charge is 0.497 e. The number of nitrogens with zero attached hydrogens (tertiary/aromatic N) is 1. The lowest BCUT2D eigenvalue weighted by Crippen LogP contribution is -2.32. The molecule has 1 heterocycles. The van der Waals surface area contributed by atoms with Gasteiger partial charge in [0, 0.05) is 33.0 Å². The van der Waals surface area contributed by atoms with Crippen LogP contribution in [0.25, 0.3) is 0 Å². The Balaban J connectivity index is 1.58. The molecular weight excluding hydrogens is 529 g/mol. The molecule has 0 saturated heterocycles. The van der Waals surface area contributed by atoms with Crippen molar-refractivity contribution in [3.8, 4) is 11.5 Å². The number of hydrogen-bond donors (Lipinski definition) is 2. The fraction of sp³-hybridized carbons (Fsp3) is 0.0800. The van der Waals surface area contributed by atoms with Crippen LogP contribution in [0.2, 0.25) is 10.0 Å². The summed E-state index contributed by atoms with van der Waals surface area (Å²) in [5.74, 6) is -1.16. The Morgan fingerprint density at radius 1 is 0.833 bits per heavy atom. The van der Waals surface area contributed by atoms with Gasteiger partial charge < -0.3 is 20.1 Å². The first-order valence-electron chi connectivity index (χ1n) is 10.4. The highest BCUT2D eigenvalue weighted by Crippen LogP contribution is 2.38. The van der Waals surface area contributed by atoms with E-state index in [-0.39, 0.29) is 27.7 Å². The summed E-state index contributed by atoms with van der Waals surface area (Å²) in [7, 11) is 2.87. The van der Waals surface area contributed by atoms with Gasteiger partial charge in [-0.3, -0.25) is 14.4 Å². The van der Waals surface area contributed by atoms with E-state index in [1.54, 1.807) is 48.5 Å². The van der Waals surface area contributed by atoms with Gasteiger partial charge in [-0.25, -0.2) is 4.90 Å². The number of rotatable bonds is 7. The molecule has 3 aromatic carbocycles. The first kappa shape index (κ1) is 25.4. The lowest BCUT2D eigenvalue weighted by molar-refractivity contribution is -0.120. The van der Waals surface area contributed by atoms with E-state index in [0.717, 1.165) is 4.90 Å². The zero-order valence-electron chi connectivity index (χ0n) is 18.9. The van der Waals surface area contributed by atoms with E-state index in [1.165, 1.54) is 26.4 Å². The normalized spacial score (nSPS) is 13.2. The van der Waals surface area contributed by atoms with Crippen LogP contribution in [0.5, 0.6) is 11.5 Å². The molecule has 3 aromatic rings. The van der Waals surface area contributed by atoms with Gasteiger partial charge in [-0.1, -0.05) is 40.9 Å². The fourth-order valence-corrected chi connectivity index (χ4v) is 4.25. The molecule has 3 amide bonds. The van der Waals surface area contributed by atoms with Gasteiger partial charge in [0.05, 0.1) is 19.9 Å². The smallest absolute Gasteiger partial charge is 0.283 e. The third-order valence-electron chi connectivity index (χ3n) is 5.17. The van der Waals surface area contributed by atoms with Crippen molar-refractivity contribution in [2.45, 2.75) is 0 Å². The summed E-state index contributed by atoms with van der Waals surface area (Å²) in [5.41, 5.74) is 1.08. The molecule has 0 aromatic heterocycles. The van der Waals surface area contributed by atoms with Gasteiger partial charge in [0.1, 0.15) is 22.2 Å². The molecule has 0 saturated carbocycles. The Labute approximate surface area is 221 Å². The highest BCUT2D eigenvalue weighted by molar-refractivity contribution is 6.53. The Morgan fingerprint density at radius 3 is 2.22 bits per heavy atom. The summed E-state index contributed by atoms with van der Waals surface area (Å²) in [6, 6.07) is 15.7. The second-order valence-corrected chi connectivity index (χ2v) is 8.74. The second kappa shape index (κ2) is 10.5. The first-order valence-corrected chi connectivity index (χ1v) is 11.5. The molecule has 1 aliphatic heterocycles. The fourth-order valence-electron chi connectivity index (χ4n) is 3.51. The van der Waals surface area contributed by atoms with Crippen LogP contribution in [-0.4, -0.2) is 31.9 Å². The maximum absolute atomic E-state index is 13.2. The van der Waals surface area contributed by atoms with Gasteiger partial charge in [0.15, 0.2) is 0 Å². The Morgan fingerprint density at radius 2 is 1.56 bits per heavy atom. The quantitative estimate of drug-likeness (QED) is 0.369. The SMILES string of the molecule is COc1ccc(OC)c(N2C(=O)C(Cl)=C(Nc3cccc(C(=O)Nc4cc(Cl)cc(Cl)c4)c3)C2=O)c1. The summed E-state index contributed by atoms with van der Waals surface area (Å²) in [6.07, 6.45) is 0. The molecule has 0 radical (unpaired) electrons. The first-order chi connectivity index (χ1) is 17.2. The molecule has 4 rings (SSSR count). The number of carbonyl (C=O) groups is 3. The maximum atomic E-state index is 13.2. The monoisotopic (exact) mass is 545 g/mol. The van der Waals surface area contributed by atoms with E-state index in [1.807, 2.05) is 0 Å². The lowest BCUT2D eigenvalue weighted by atomic mass is 10.1. The summed E-state index contributed by atoms with van der Waals surface area (Å²) in [4.78, 5) is 39.8. The number of carbonyl (C=O) groups excluding carboxylic acids is 3. The third kappa shape index (κ3) is 5.11. The Kier molecular flexibility index (Phi) is 7.40. The summed E-state index contributed by atoms with van der Waals surface area (Å²) in [6.45, 7) is 0. The summed E-state index contributed by atoms with van der Waals surface area (Å²) >= 11 is 18.2. The summed E-state index contributed by atoms with van der Waals surface area (Å²) in [5, 5.41) is 6.00. The molecule has 184 valence electrons. The lowest BCUT2D eigenvalue weighted by Gasteiger charge is -2.19. The zero-order valence-corrected chi connectivity index (χ0v) is 21.2. The number of ether oxygens (including phenoxy) is 2. The third-order valence-corrected chi connectivity index (χ3v) is 5.96. The van der Waals surface area contributed by atoms with Crippen molar-refractivity contribution in [2.24, 2.45) is 0 Å². The van der Waals surface area contributed by atoms with Crippen molar-refractivity contribution in [2.75, 3.05) is 29.8 Å². The minimum Gasteiger partial charge on any atom is -0.497 e. The highest BCUT2D eigenvalue weighted by atomic mass is 35.5. The van der Waals surface area contributed by atoms with Crippen LogP contribution in [0.1, 0.15) is 10.4 Å². The zero-order chi connectivity index (χ0) is 26.0. The predicted molar refractivity (Wildman–Crippen MR) is 139 cm³/mol. The van der Waals surface area contributed by atoms with Crippen molar-refractivity contribution < 1.29 is 23.9 Å². The molecule has 0 fully saturated rings. The number of hydrogen-bond acceptors (Lipinski definition) is 6. The van der Waals surface area contributed by atoms with E-state index in [0.29, 0.717) is 27.2 Å². The van der Waals surface area contributed by atoms with Crippen LogP contribution in [0.3, 0.4) is 0 Å². The predicted octanol–water partition coefficient (Wildman–Crippen LogP) is 5.70. The Bertz CT molecular complexity index is 1400. The van der Waals surface area contributed by atoms with Crippen LogP contribution in [0, 0.1) is 0 Å². The molecule has 0 aliphatic carbocycles. The number of benzene rings is 3. The van der Waals surface area contributed by atoms with Crippen molar-refractivity contribution in [3.05, 3.63) is 87.0 Å². The molecule has 0 atom stereocenters. The van der Waals surface area contributed by atoms with Crippen LogP contribution in [0.15, 0.2) is 71.4 Å². The number of nitrogens with one attached hydrogen (secondary N) is 2. The molecule has 0 spiro atoms. The number of amides is 3. The minimum atomic E-state index is -0.734. The number of methoxy groups -OCH3 is 2. The van der Waals surface area contributed by atoms with Gasteiger partial charge in [0.25, 0.3) is 17.7 Å². The number of anilines is 3. The standard InChI is InChI=1S/C25H18Cl3N3O5/c1-35-18-6-7-20(36-2)19(12-18)31-24(33)21(28)22(25(31)34)29-16-5-3-4-13(8-16)23(32)30-17-10-14(26)9-15(27)11-17/h3-12,29H,1-2H3,(H,30,32). The topological polar surface area (TPSA) is 97.0 Å². The Hall–Kier alpha value is -3.72. The van der Waals surface area contributed by atoms with Crippen molar-refractivity contribution >= 4 is 69.6 Å². The highest BCUT2D eigenvalue weighted by Gasteiger charge is 2.40. The van der Waals surface area contributed by atoms with Crippen LogP contribution >= 0.6 is 34.8 Å². The van der Waals surface area contributed by atoms with Gasteiger partial charge in [-0.2, -0.15) is 0 Å². The van der Waals surface area contributed by atoms with Gasteiger partial charge in [-0.15, -0.1) is 0 Å². The van der Waals surface area contributed by atoms with Gasteiger partial charge >= 0.3 is 0 Å². The van der Waals surface area contributed by atoms with Crippen LogP contribution in [-0.2, 0) is 9.59 Å². The molecule has 8 nitrogen and oxygen atoms in total. The molecule has 11 heteroatoms. The van der Waals surface area contributed by atoms with Crippen LogP contribution in [0.4, 0.5) is 17.1 Å². The van der Waals surface area contributed by atoms with Crippen LogP contribution < -0.4 is 25.0 Å². The van der Waals surface area contributed by atoms with Crippen molar-refractivity contribution in [1.29, 1.82) is 0 Å². The van der Waals surface area contributed by atoms with Gasteiger partial charge in [-0.05, 0) is 48.5 Å². The average Bonchev–Trinajstić information content (AvgIpc) is 3.06. The van der Waals surface area contributed by atoms with Crippen molar-refractivity contribution in [3.63, 3.8) is 0 Å². The molecule has 0 unspecified atom stereocenters. The molecular formula is C25H18Cl3N3O5. The van der Waals surface area contributed by atoms with Crippen molar-refractivity contribution in [1.82, 2.24) is 0 Å². The summed E-state index contributed by atoms with van der Waals surface area (Å²) < 4.78 is 10.5. The van der Waals surface area contributed by atoms with E-state index < -0.39 is 17.7 Å². The van der Waals surface area contributed by atoms with E-state index >= 15 is 0 Å². The van der Waals surface area contributed by atoms with E-state index in [9.17, 15) is 14.4 Å². The second-order valence-electron chi connectivity index (χ2n) is 7.49. The number of halogens is 3. The average molecular weight is 547 g/mol. The molecule has 2 N–H and O–H groups in total. The molecule has 36 heavy (non-hydrogen) atoms. The van der Waals surface area contributed by atoms with E-state index in [2.05, 4.69) is 10.6 Å². The maximum Gasteiger partial charge on any atom is 0.283 e. The molecule has 1 aliphatic rings. The van der Waals surface area contributed by atoms with Gasteiger partial charge in [0.2, 0.25) is 0 Å². The minimum absolute atomic E-state index is 0.147. The molecule has 0 bridgehead atoms. The number of imide groups is 1.